The van der Waals surface area contributed by atoms with Crippen molar-refractivity contribution in [3.8, 4) is 6.07 Å². The molecule has 2 aromatic rings. The van der Waals surface area contributed by atoms with Gasteiger partial charge in [0.2, 0.25) is 0 Å². The van der Waals surface area contributed by atoms with Gasteiger partial charge in [-0.3, -0.25) is 4.79 Å². The normalized spacial score (nSPS) is 24.7. The Kier molecular flexibility index (Phi) is 3.24. The van der Waals surface area contributed by atoms with Gasteiger partial charge < -0.3 is 4.90 Å². The van der Waals surface area contributed by atoms with Crippen molar-refractivity contribution in [3.05, 3.63) is 71.8 Å². The van der Waals surface area contributed by atoms with Crippen LogP contribution in [0.2, 0.25) is 0 Å². The minimum atomic E-state index is -0.279. The largest absolute Gasteiger partial charge is 0.353 e. The summed E-state index contributed by atoms with van der Waals surface area (Å²) in [4.78, 5) is 15.1. The van der Waals surface area contributed by atoms with Gasteiger partial charge in [0.1, 0.15) is 0 Å². The number of hydrogen-bond acceptors (Lipinski definition) is 3. The number of benzene rings is 2. The Morgan fingerprint density at radius 2 is 1.83 bits per heavy atom. The second-order valence-corrected chi connectivity index (χ2v) is 6.03. The molecule has 0 saturated carbocycles. The molecular formula is C20H16N2O. The third-order valence-electron chi connectivity index (χ3n) is 4.76. The van der Waals surface area contributed by atoms with E-state index in [1.165, 1.54) is 0 Å². The second-order valence-electron chi connectivity index (χ2n) is 6.03. The van der Waals surface area contributed by atoms with E-state index in [0.717, 1.165) is 11.3 Å². The van der Waals surface area contributed by atoms with Crippen LogP contribution in [0, 0.1) is 17.2 Å². The molecule has 0 spiro atoms. The summed E-state index contributed by atoms with van der Waals surface area (Å²) in [5.74, 6) is -0.0595. The Hall–Kier alpha value is -2.86. The Morgan fingerprint density at radius 1 is 1.09 bits per heavy atom. The van der Waals surface area contributed by atoms with E-state index in [1.54, 1.807) is 0 Å². The summed E-state index contributed by atoms with van der Waals surface area (Å²) < 4.78 is 0. The molecule has 112 valence electrons. The maximum atomic E-state index is 13.0. The van der Waals surface area contributed by atoms with Crippen LogP contribution < -0.4 is 4.90 Å². The van der Waals surface area contributed by atoms with E-state index in [1.807, 2.05) is 54.6 Å². The number of para-hydroxylation sites is 1. The zero-order valence-corrected chi connectivity index (χ0v) is 12.6. The molecule has 0 radical (unpaired) electrons. The number of carbonyl (C=O) groups excluding carboxylic acids is 1. The molecule has 0 aromatic heterocycles. The van der Waals surface area contributed by atoms with Crippen molar-refractivity contribution in [1.82, 2.24) is 0 Å². The fourth-order valence-electron chi connectivity index (χ4n) is 3.67. The van der Waals surface area contributed by atoms with Crippen LogP contribution in [-0.2, 0) is 0 Å². The first-order chi connectivity index (χ1) is 11.3. The third-order valence-corrected chi connectivity index (χ3v) is 4.76. The lowest BCUT2D eigenvalue weighted by molar-refractivity contribution is 0.0961. The molecule has 2 aromatic carbocycles. The quantitative estimate of drug-likeness (QED) is 0.795. The number of fused-ring (bicyclic) bond motifs is 3. The molecular weight excluding hydrogens is 284 g/mol. The number of rotatable bonds is 2. The molecule has 2 aliphatic heterocycles. The first kappa shape index (κ1) is 13.8. The van der Waals surface area contributed by atoms with Crippen LogP contribution in [0.1, 0.15) is 22.3 Å². The number of nitrogens with zero attached hydrogens (tertiary/aromatic N) is 2. The Labute approximate surface area is 135 Å². The summed E-state index contributed by atoms with van der Waals surface area (Å²) in [6.45, 7) is 0. The van der Waals surface area contributed by atoms with E-state index in [9.17, 15) is 10.1 Å². The van der Waals surface area contributed by atoms with Crippen molar-refractivity contribution in [2.75, 3.05) is 4.90 Å². The van der Waals surface area contributed by atoms with Crippen LogP contribution in [0.3, 0.4) is 0 Å². The third kappa shape index (κ3) is 2.15. The molecule has 1 fully saturated rings. The first-order valence-electron chi connectivity index (χ1n) is 7.84. The highest BCUT2D eigenvalue weighted by Crippen LogP contribution is 2.41. The van der Waals surface area contributed by atoms with E-state index in [0.29, 0.717) is 12.0 Å². The fraction of sp³-hybridized carbons (Fsp3) is 0.200. The lowest BCUT2D eigenvalue weighted by Gasteiger charge is -2.34. The Morgan fingerprint density at radius 3 is 2.61 bits per heavy atom. The van der Waals surface area contributed by atoms with Gasteiger partial charge in [-0.25, -0.2) is 0 Å². The number of anilines is 1. The first-order valence-corrected chi connectivity index (χ1v) is 7.84. The van der Waals surface area contributed by atoms with Gasteiger partial charge in [0.05, 0.1) is 24.1 Å². The minimum Gasteiger partial charge on any atom is -0.353 e. The topological polar surface area (TPSA) is 44.1 Å². The van der Waals surface area contributed by atoms with E-state index in [-0.39, 0.29) is 23.8 Å². The smallest absolute Gasteiger partial charge is 0.185 e. The van der Waals surface area contributed by atoms with Gasteiger partial charge >= 0.3 is 0 Å². The fourth-order valence-corrected chi connectivity index (χ4v) is 3.67. The van der Waals surface area contributed by atoms with Crippen molar-refractivity contribution < 1.29 is 4.79 Å². The molecule has 4 rings (SSSR count). The molecule has 1 saturated heterocycles. The highest BCUT2D eigenvalue weighted by molar-refractivity contribution is 6.03. The van der Waals surface area contributed by atoms with E-state index >= 15 is 0 Å². The minimum absolute atomic E-state index is 0.0208. The van der Waals surface area contributed by atoms with Gasteiger partial charge in [-0.15, -0.1) is 0 Å². The maximum Gasteiger partial charge on any atom is 0.185 e. The van der Waals surface area contributed by atoms with E-state index in [2.05, 4.69) is 23.1 Å². The molecule has 3 heteroatoms. The average Bonchev–Trinajstić information content (AvgIpc) is 3.01. The van der Waals surface area contributed by atoms with Crippen molar-refractivity contribution in [2.45, 2.75) is 18.5 Å². The summed E-state index contributed by atoms with van der Waals surface area (Å²) >= 11 is 0. The highest BCUT2D eigenvalue weighted by atomic mass is 16.1. The van der Waals surface area contributed by atoms with Crippen LogP contribution in [0.4, 0.5) is 5.69 Å². The molecule has 0 aliphatic carbocycles. The van der Waals surface area contributed by atoms with Crippen molar-refractivity contribution in [2.24, 2.45) is 5.92 Å². The van der Waals surface area contributed by atoms with Gasteiger partial charge in [-0.2, -0.15) is 5.26 Å². The molecule has 0 unspecified atom stereocenters. The molecule has 23 heavy (non-hydrogen) atoms. The van der Waals surface area contributed by atoms with Gasteiger partial charge in [-0.1, -0.05) is 60.7 Å². The zero-order valence-electron chi connectivity index (χ0n) is 12.6. The monoisotopic (exact) mass is 300 g/mol. The molecule has 3 atom stereocenters. The predicted octanol–water partition coefficient (Wildman–Crippen LogP) is 3.68. The number of carbonyl (C=O) groups is 1. The van der Waals surface area contributed by atoms with Crippen LogP contribution >= 0.6 is 0 Å². The van der Waals surface area contributed by atoms with Gasteiger partial charge in [-0.05, 0) is 18.1 Å². The summed E-state index contributed by atoms with van der Waals surface area (Å²) in [6, 6.07) is 19.5. The van der Waals surface area contributed by atoms with Gasteiger partial charge in [0, 0.05) is 11.3 Å². The van der Waals surface area contributed by atoms with E-state index < -0.39 is 0 Å². The molecule has 0 N–H and O–H groups in total. The molecule has 2 heterocycles. The number of nitriles is 1. The molecule has 2 aliphatic rings. The van der Waals surface area contributed by atoms with Crippen LogP contribution in [0.25, 0.3) is 6.08 Å². The summed E-state index contributed by atoms with van der Waals surface area (Å²) in [5, 5.41) is 9.50. The second kappa shape index (κ2) is 5.40. The van der Waals surface area contributed by atoms with Crippen LogP contribution in [0.15, 0.2) is 60.7 Å². The summed E-state index contributed by atoms with van der Waals surface area (Å²) in [6.07, 6.45) is 4.71. The lowest BCUT2D eigenvalue weighted by Crippen LogP contribution is -2.42. The molecule has 0 amide bonds. The SMILES string of the molecule is N#C[C@H]1C[C@@H](C(=O)c2ccccc2)N2c3ccccc3C=C[C@H]12. The number of ketones is 1. The van der Waals surface area contributed by atoms with Crippen molar-refractivity contribution in [3.63, 3.8) is 0 Å². The molecule has 3 nitrogen and oxygen atoms in total. The predicted molar refractivity (Wildman–Crippen MR) is 90.0 cm³/mol. The van der Waals surface area contributed by atoms with Crippen molar-refractivity contribution >= 4 is 17.5 Å². The van der Waals surface area contributed by atoms with E-state index in [4.69, 9.17) is 0 Å². The maximum absolute atomic E-state index is 13.0. The standard InChI is InChI=1S/C20H16N2O/c21-13-16-12-19(20(23)15-7-2-1-3-8-15)22-17-9-5-4-6-14(17)10-11-18(16)22/h1-11,16,18-19H,12H2/t16-,18-,19+/m1/s1. The van der Waals surface area contributed by atoms with Crippen LogP contribution in [-0.4, -0.2) is 17.9 Å². The Balaban J connectivity index is 1.78. The lowest BCUT2D eigenvalue weighted by atomic mass is 9.96. The molecule has 0 bridgehead atoms. The average molecular weight is 300 g/mol. The van der Waals surface area contributed by atoms with Crippen LogP contribution in [0.5, 0.6) is 0 Å². The Bertz CT molecular complexity index is 819. The highest BCUT2D eigenvalue weighted by Gasteiger charge is 2.45. The van der Waals surface area contributed by atoms with Gasteiger partial charge in [0.25, 0.3) is 0 Å². The zero-order chi connectivity index (χ0) is 15.8. The number of Topliss-reactive ketones (excluding diaryl/α,β-unsaturated/α-hetero) is 1. The van der Waals surface area contributed by atoms with Gasteiger partial charge in [0.15, 0.2) is 5.78 Å². The summed E-state index contributed by atoms with van der Waals surface area (Å²) in [7, 11) is 0. The van der Waals surface area contributed by atoms with Crippen molar-refractivity contribution in [1.29, 1.82) is 5.26 Å². The number of hydrogen-bond donors (Lipinski definition) is 0. The summed E-state index contributed by atoms with van der Waals surface area (Å²) in [5.41, 5.74) is 2.86.